The second-order valence-electron chi connectivity index (χ2n) is 5.03. The van der Waals surface area contributed by atoms with Gasteiger partial charge in [0.1, 0.15) is 5.69 Å². The third kappa shape index (κ3) is 2.95. The van der Waals surface area contributed by atoms with Crippen molar-refractivity contribution in [1.82, 2.24) is 9.78 Å². The van der Waals surface area contributed by atoms with Crippen molar-refractivity contribution in [1.29, 1.82) is 0 Å². The van der Waals surface area contributed by atoms with Gasteiger partial charge in [0.25, 0.3) is 5.91 Å². The highest BCUT2D eigenvalue weighted by Gasteiger charge is 2.20. The zero-order chi connectivity index (χ0) is 15.7. The Bertz CT molecular complexity index is 683. The number of nitrogens with zero attached hydrogens (tertiary/aromatic N) is 2. The Kier molecular flexibility index (Phi) is 4.37. The van der Waals surface area contributed by atoms with Crippen LogP contribution in [0.25, 0.3) is 0 Å². The van der Waals surface area contributed by atoms with Gasteiger partial charge < -0.3 is 11.1 Å². The molecule has 0 saturated heterocycles. The minimum atomic E-state index is -0.233. The minimum Gasteiger partial charge on any atom is -0.395 e. The number of hydrogen-bond acceptors (Lipinski definition) is 3. The van der Waals surface area contributed by atoms with E-state index in [1.165, 1.54) is 0 Å². The molecule has 0 saturated carbocycles. The zero-order valence-corrected chi connectivity index (χ0v) is 14.2. The van der Waals surface area contributed by atoms with E-state index in [2.05, 4.69) is 26.3 Å². The molecule has 0 radical (unpaired) electrons. The van der Waals surface area contributed by atoms with Crippen LogP contribution in [0.3, 0.4) is 0 Å². The van der Waals surface area contributed by atoms with Gasteiger partial charge >= 0.3 is 0 Å². The van der Waals surface area contributed by atoms with Crippen LogP contribution in [0.5, 0.6) is 0 Å². The van der Waals surface area contributed by atoms with Crippen molar-refractivity contribution in [3.05, 3.63) is 39.1 Å². The van der Waals surface area contributed by atoms with Crippen LogP contribution in [0.4, 0.5) is 11.4 Å². The number of aryl methyl sites for hydroxylation is 4. The molecular weight excluding hydrogens is 332 g/mol. The molecule has 1 heterocycles. The Morgan fingerprint density at radius 3 is 2.43 bits per heavy atom. The van der Waals surface area contributed by atoms with E-state index in [1.807, 2.05) is 32.9 Å². The van der Waals surface area contributed by atoms with Crippen LogP contribution in [0.1, 0.15) is 34.2 Å². The molecule has 1 aromatic carbocycles. The first kappa shape index (κ1) is 15.6. The summed E-state index contributed by atoms with van der Waals surface area (Å²) in [7, 11) is 0. The fraction of sp³-hybridized carbons (Fsp3) is 0.333. The fourth-order valence-corrected chi connectivity index (χ4v) is 3.03. The number of anilines is 2. The van der Waals surface area contributed by atoms with Gasteiger partial charge in [0.2, 0.25) is 0 Å². The Hall–Kier alpha value is -1.82. The van der Waals surface area contributed by atoms with Gasteiger partial charge in [-0.3, -0.25) is 9.48 Å². The highest BCUT2D eigenvalue weighted by atomic mass is 79.9. The van der Waals surface area contributed by atoms with E-state index in [9.17, 15) is 4.79 Å². The van der Waals surface area contributed by atoms with Gasteiger partial charge in [-0.25, -0.2) is 0 Å². The first-order valence-corrected chi connectivity index (χ1v) is 7.55. The van der Waals surface area contributed by atoms with Crippen LogP contribution < -0.4 is 11.1 Å². The summed E-state index contributed by atoms with van der Waals surface area (Å²) >= 11 is 3.45. The molecule has 0 unspecified atom stereocenters. The third-order valence-electron chi connectivity index (χ3n) is 3.42. The van der Waals surface area contributed by atoms with Gasteiger partial charge in [0.05, 0.1) is 11.4 Å². The molecule has 1 amide bonds. The van der Waals surface area contributed by atoms with E-state index in [4.69, 9.17) is 5.73 Å². The van der Waals surface area contributed by atoms with Crippen molar-refractivity contribution in [3.63, 3.8) is 0 Å². The maximum Gasteiger partial charge on any atom is 0.276 e. The highest BCUT2D eigenvalue weighted by Crippen LogP contribution is 2.26. The van der Waals surface area contributed by atoms with Crippen molar-refractivity contribution < 1.29 is 4.79 Å². The SMILES string of the molecule is CCn1nc(C)c(N)c1C(=O)Nc1c(C)cc(Br)cc1C. The molecule has 2 rings (SSSR count). The Balaban J connectivity index is 2.40. The van der Waals surface area contributed by atoms with Gasteiger partial charge in [0.15, 0.2) is 0 Å². The van der Waals surface area contributed by atoms with Gasteiger partial charge in [-0.2, -0.15) is 5.10 Å². The number of hydrogen-bond donors (Lipinski definition) is 2. The molecule has 0 aliphatic heterocycles. The molecule has 5 nitrogen and oxygen atoms in total. The summed E-state index contributed by atoms with van der Waals surface area (Å²) in [6, 6.07) is 3.93. The Morgan fingerprint density at radius 1 is 1.33 bits per heavy atom. The van der Waals surface area contributed by atoms with E-state index in [0.717, 1.165) is 21.3 Å². The van der Waals surface area contributed by atoms with Gasteiger partial charge in [-0.05, 0) is 51.0 Å². The second kappa shape index (κ2) is 5.89. The van der Waals surface area contributed by atoms with Crippen molar-refractivity contribution in [3.8, 4) is 0 Å². The van der Waals surface area contributed by atoms with Gasteiger partial charge in [-0.1, -0.05) is 15.9 Å². The number of nitrogen functional groups attached to an aromatic ring is 1. The summed E-state index contributed by atoms with van der Waals surface area (Å²) in [5.41, 5.74) is 10.3. The lowest BCUT2D eigenvalue weighted by Gasteiger charge is -2.13. The number of benzene rings is 1. The number of aromatic nitrogens is 2. The van der Waals surface area contributed by atoms with E-state index >= 15 is 0 Å². The first-order chi connectivity index (χ1) is 9.85. The van der Waals surface area contributed by atoms with Gasteiger partial charge in [-0.15, -0.1) is 0 Å². The predicted octanol–water partition coefficient (Wildman–Crippen LogP) is 3.43. The van der Waals surface area contributed by atoms with Crippen molar-refractivity contribution in [2.75, 3.05) is 11.1 Å². The summed E-state index contributed by atoms with van der Waals surface area (Å²) in [5.74, 6) is -0.233. The third-order valence-corrected chi connectivity index (χ3v) is 3.88. The van der Waals surface area contributed by atoms with Crippen molar-refractivity contribution in [2.24, 2.45) is 0 Å². The first-order valence-electron chi connectivity index (χ1n) is 6.76. The molecular formula is C15H19BrN4O. The number of nitrogens with two attached hydrogens (primary N) is 1. The topological polar surface area (TPSA) is 72.9 Å². The van der Waals surface area contributed by atoms with Crippen LogP contribution in [-0.4, -0.2) is 15.7 Å². The van der Waals surface area contributed by atoms with Crippen LogP contribution in [0.15, 0.2) is 16.6 Å². The largest absolute Gasteiger partial charge is 0.395 e. The highest BCUT2D eigenvalue weighted by molar-refractivity contribution is 9.10. The molecule has 0 aliphatic carbocycles. The number of nitrogens with one attached hydrogen (secondary N) is 1. The van der Waals surface area contributed by atoms with Crippen LogP contribution in [0.2, 0.25) is 0 Å². The predicted molar refractivity (Wildman–Crippen MR) is 88.6 cm³/mol. The van der Waals surface area contributed by atoms with E-state index in [-0.39, 0.29) is 5.91 Å². The fourth-order valence-electron chi connectivity index (χ4n) is 2.34. The zero-order valence-electron chi connectivity index (χ0n) is 12.6. The molecule has 6 heteroatoms. The number of halogens is 1. The molecule has 0 bridgehead atoms. The number of carbonyl (C=O) groups is 1. The second-order valence-corrected chi connectivity index (χ2v) is 5.95. The van der Waals surface area contributed by atoms with Crippen LogP contribution >= 0.6 is 15.9 Å². The van der Waals surface area contributed by atoms with Gasteiger partial charge in [0, 0.05) is 16.7 Å². The molecule has 3 N–H and O–H groups in total. The lowest BCUT2D eigenvalue weighted by molar-refractivity contribution is 0.101. The minimum absolute atomic E-state index is 0.233. The molecule has 0 spiro atoms. The monoisotopic (exact) mass is 350 g/mol. The van der Waals surface area contributed by atoms with Crippen molar-refractivity contribution in [2.45, 2.75) is 34.2 Å². The smallest absolute Gasteiger partial charge is 0.276 e. The molecule has 112 valence electrons. The lowest BCUT2D eigenvalue weighted by Crippen LogP contribution is -2.20. The molecule has 2 aromatic rings. The molecule has 0 aliphatic rings. The maximum absolute atomic E-state index is 12.6. The summed E-state index contributed by atoms with van der Waals surface area (Å²) in [6.45, 7) is 8.24. The van der Waals surface area contributed by atoms with E-state index < -0.39 is 0 Å². The average molecular weight is 351 g/mol. The van der Waals surface area contributed by atoms with E-state index in [1.54, 1.807) is 11.6 Å². The van der Waals surface area contributed by atoms with Crippen LogP contribution in [0, 0.1) is 20.8 Å². The quantitative estimate of drug-likeness (QED) is 0.890. The standard InChI is InChI=1S/C15H19BrN4O/c1-5-20-14(12(17)10(4)19-20)15(21)18-13-8(2)6-11(16)7-9(13)3/h6-7H,5,17H2,1-4H3,(H,18,21). The molecule has 0 fully saturated rings. The Morgan fingerprint density at radius 2 is 1.90 bits per heavy atom. The van der Waals surface area contributed by atoms with Crippen LogP contribution in [-0.2, 0) is 6.54 Å². The van der Waals surface area contributed by atoms with Crippen molar-refractivity contribution >= 4 is 33.2 Å². The molecule has 21 heavy (non-hydrogen) atoms. The summed E-state index contributed by atoms with van der Waals surface area (Å²) in [4.78, 5) is 12.6. The normalized spacial score (nSPS) is 10.7. The average Bonchev–Trinajstić information content (AvgIpc) is 2.69. The summed E-state index contributed by atoms with van der Waals surface area (Å²) in [5, 5.41) is 7.22. The number of rotatable bonds is 3. The molecule has 0 atom stereocenters. The summed E-state index contributed by atoms with van der Waals surface area (Å²) < 4.78 is 2.62. The Labute approximate surface area is 132 Å². The number of amides is 1. The summed E-state index contributed by atoms with van der Waals surface area (Å²) in [6.07, 6.45) is 0. The van der Waals surface area contributed by atoms with E-state index in [0.29, 0.717) is 23.6 Å². The number of carbonyl (C=O) groups excluding carboxylic acids is 1. The lowest BCUT2D eigenvalue weighted by atomic mass is 10.1. The molecule has 1 aromatic heterocycles. The maximum atomic E-state index is 12.6.